The van der Waals surface area contributed by atoms with Crippen molar-refractivity contribution in [2.24, 2.45) is 0 Å². The molecule has 0 bridgehead atoms. The van der Waals surface area contributed by atoms with Crippen LogP contribution in [-0.2, 0) is 14.3 Å². The van der Waals surface area contributed by atoms with Crippen molar-refractivity contribution in [2.45, 2.75) is 52.6 Å². The number of amides is 3. The predicted molar refractivity (Wildman–Crippen MR) is 153 cm³/mol. The Morgan fingerprint density at radius 1 is 0.974 bits per heavy atom. The van der Waals surface area contributed by atoms with E-state index >= 15 is 0 Å². The first-order chi connectivity index (χ1) is 18.6. The van der Waals surface area contributed by atoms with Gasteiger partial charge in [0.05, 0.1) is 23.6 Å². The van der Waals surface area contributed by atoms with Crippen LogP contribution in [0.3, 0.4) is 0 Å². The van der Waals surface area contributed by atoms with Gasteiger partial charge in [0.1, 0.15) is 6.04 Å². The molecule has 9 heteroatoms. The Labute approximate surface area is 233 Å². The minimum Gasteiger partial charge on any atom is -0.462 e. The van der Waals surface area contributed by atoms with E-state index in [2.05, 4.69) is 10.6 Å². The fourth-order valence-corrected chi connectivity index (χ4v) is 4.44. The van der Waals surface area contributed by atoms with E-state index in [9.17, 15) is 19.2 Å². The van der Waals surface area contributed by atoms with Crippen molar-refractivity contribution in [3.05, 3.63) is 87.6 Å². The number of aryl methyl sites for hydroxylation is 1. The van der Waals surface area contributed by atoms with Crippen molar-refractivity contribution in [1.82, 2.24) is 10.6 Å². The molecule has 39 heavy (non-hydrogen) atoms. The van der Waals surface area contributed by atoms with E-state index in [1.807, 2.05) is 52.0 Å². The normalized spacial score (nSPS) is 11.8. The predicted octanol–water partition coefficient (Wildman–Crippen LogP) is 5.04. The number of carbonyl (C=O) groups excluding carboxylic acids is 4. The summed E-state index contributed by atoms with van der Waals surface area (Å²) in [5, 5.41) is 7.51. The first-order valence-electron chi connectivity index (χ1n) is 12.9. The molecule has 1 heterocycles. The molecule has 1 aromatic heterocycles. The summed E-state index contributed by atoms with van der Waals surface area (Å²) in [6.07, 6.45) is 0.679. The summed E-state index contributed by atoms with van der Waals surface area (Å²) in [6.45, 7) is 9.37. The van der Waals surface area contributed by atoms with E-state index in [4.69, 9.17) is 4.74 Å². The lowest BCUT2D eigenvalue weighted by atomic mass is 9.97. The van der Waals surface area contributed by atoms with Gasteiger partial charge < -0.3 is 15.4 Å². The second-order valence-corrected chi connectivity index (χ2v) is 10.7. The molecular formula is C30H35N3O5S. The second kappa shape index (κ2) is 13.2. The lowest BCUT2D eigenvalue weighted by molar-refractivity contribution is -0.127. The van der Waals surface area contributed by atoms with Gasteiger partial charge >= 0.3 is 5.97 Å². The van der Waals surface area contributed by atoms with E-state index in [0.717, 1.165) is 5.56 Å². The number of rotatable bonds is 11. The van der Waals surface area contributed by atoms with Crippen LogP contribution in [0.1, 0.15) is 71.3 Å². The van der Waals surface area contributed by atoms with Crippen molar-refractivity contribution in [1.29, 1.82) is 0 Å². The van der Waals surface area contributed by atoms with Crippen molar-refractivity contribution < 1.29 is 23.9 Å². The van der Waals surface area contributed by atoms with Crippen LogP contribution in [0, 0.1) is 6.92 Å². The highest BCUT2D eigenvalue weighted by atomic mass is 32.1. The van der Waals surface area contributed by atoms with E-state index in [1.165, 1.54) is 16.2 Å². The first-order valence-corrected chi connectivity index (χ1v) is 13.7. The Kier molecular flexibility index (Phi) is 10.0. The topological polar surface area (TPSA) is 105 Å². The van der Waals surface area contributed by atoms with Gasteiger partial charge in [-0.2, -0.15) is 0 Å². The molecule has 0 aliphatic carbocycles. The number of thiophene rings is 1. The van der Waals surface area contributed by atoms with Crippen LogP contribution in [0.4, 0.5) is 5.69 Å². The summed E-state index contributed by atoms with van der Waals surface area (Å²) in [6, 6.07) is 16.1. The SMILES string of the molecule is CCOC(=O)c1ccc(N(C(=O)CNC(=O)c2cccs2)[C@H](C(=O)NC(C)(C)CC)c2ccc(C)cc2)cc1. The molecule has 0 unspecified atom stereocenters. The highest BCUT2D eigenvalue weighted by Crippen LogP contribution is 2.30. The Bertz CT molecular complexity index is 1290. The Balaban J connectivity index is 2.05. The average Bonchev–Trinajstić information content (AvgIpc) is 3.46. The maximum atomic E-state index is 13.8. The summed E-state index contributed by atoms with van der Waals surface area (Å²) < 4.78 is 5.08. The van der Waals surface area contributed by atoms with Gasteiger partial charge in [-0.25, -0.2) is 4.79 Å². The quantitative estimate of drug-likeness (QED) is 0.326. The number of hydrogen-bond acceptors (Lipinski definition) is 6. The Morgan fingerprint density at radius 2 is 1.64 bits per heavy atom. The van der Waals surface area contributed by atoms with Crippen LogP contribution in [0.5, 0.6) is 0 Å². The van der Waals surface area contributed by atoms with Gasteiger partial charge in [0, 0.05) is 11.2 Å². The number of benzene rings is 2. The van der Waals surface area contributed by atoms with E-state index in [1.54, 1.807) is 48.7 Å². The first kappa shape index (κ1) is 29.6. The summed E-state index contributed by atoms with van der Waals surface area (Å²) in [7, 11) is 0. The average molecular weight is 550 g/mol. The fourth-order valence-electron chi connectivity index (χ4n) is 3.80. The van der Waals surface area contributed by atoms with Gasteiger partial charge in [0.25, 0.3) is 5.91 Å². The van der Waals surface area contributed by atoms with Crippen molar-refractivity contribution >= 4 is 40.7 Å². The number of nitrogens with one attached hydrogen (secondary N) is 2. The molecule has 0 aliphatic heterocycles. The largest absolute Gasteiger partial charge is 0.462 e. The zero-order valence-corrected chi connectivity index (χ0v) is 23.8. The number of esters is 1. The molecule has 206 valence electrons. The molecule has 0 saturated heterocycles. The molecule has 2 aromatic carbocycles. The van der Waals surface area contributed by atoms with Crippen LogP contribution < -0.4 is 15.5 Å². The van der Waals surface area contributed by atoms with E-state index in [-0.39, 0.29) is 25.0 Å². The van der Waals surface area contributed by atoms with Crippen molar-refractivity contribution in [2.75, 3.05) is 18.1 Å². The summed E-state index contributed by atoms with van der Waals surface area (Å²) in [5.74, 6) is -1.71. The standard InChI is InChI=1S/C30H35N3O5S/c1-6-30(4,5)32-28(36)26(21-12-10-20(3)11-13-21)33(23-16-14-22(15-17-23)29(37)38-7-2)25(34)19-31-27(35)24-9-8-18-39-24/h8-18,26H,6-7,19H2,1-5H3,(H,31,35)(H,32,36)/t26-/m0/s1. The maximum absolute atomic E-state index is 13.8. The molecule has 0 aliphatic rings. The van der Waals surface area contributed by atoms with Crippen molar-refractivity contribution in [3.8, 4) is 0 Å². The molecule has 2 N–H and O–H groups in total. The summed E-state index contributed by atoms with van der Waals surface area (Å²) >= 11 is 1.27. The van der Waals surface area contributed by atoms with Gasteiger partial charge in [-0.1, -0.05) is 42.8 Å². The van der Waals surface area contributed by atoms with Gasteiger partial charge in [-0.15, -0.1) is 11.3 Å². The van der Waals surface area contributed by atoms with Crippen LogP contribution >= 0.6 is 11.3 Å². The summed E-state index contributed by atoms with van der Waals surface area (Å²) in [4.78, 5) is 54.3. The Hall–Kier alpha value is -3.98. The highest BCUT2D eigenvalue weighted by molar-refractivity contribution is 7.12. The number of anilines is 1. The zero-order valence-electron chi connectivity index (χ0n) is 22.9. The van der Waals surface area contributed by atoms with E-state index < -0.39 is 23.5 Å². The molecule has 8 nitrogen and oxygen atoms in total. The monoisotopic (exact) mass is 549 g/mol. The minimum absolute atomic E-state index is 0.234. The van der Waals surface area contributed by atoms with Gasteiger partial charge in [0.15, 0.2) is 0 Å². The lowest BCUT2D eigenvalue weighted by Crippen LogP contribution is -2.52. The molecule has 1 atom stereocenters. The number of carbonyl (C=O) groups is 4. The molecule has 3 amide bonds. The third kappa shape index (κ3) is 7.77. The third-order valence-corrected chi connectivity index (χ3v) is 7.18. The molecule has 0 radical (unpaired) electrons. The third-order valence-electron chi connectivity index (χ3n) is 6.32. The maximum Gasteiger partial charge on any atom is 0.338 e. The minimum atomic E-state index is -1.03. The number of ether oxygens (including phenoxy) is 1. The van der Waals surface area contributed by atoms with Gasteiger partial charge in [-0.05, 0) is 75.4 Å². The van der Waals surface area contributed by atoms with Crippen LogP contribution in [-0.4, -0.2) is 42.4 Å². The van der Waals surface area contributed by atoms with Crippen LogP contribution in [0.2, 0.25) is 0 Å². The molecular weight excluding hydrogens is 514 g/mol. The van der Waals surface area contributed by atoms with E-state index in [0.29, 0.717) is 28.1 Å². The molecule has 3 aromatic rings. The van der Waals surface area contributed by atoms with Gasteiger partial charge in [0.2, 0.25) is 11.8 Å². The fraction of sp³-hybridized carbons (Fsp3) is 0.333. The molecule has 3 rings (SSSR count). The smallest absolute Gasteiger partial charge is 0.338 e. The molecule has 0 fully saturated rings. The molecule has 0 saturated carbocycles. The Morgan fingerprint density at radius 3 is 2.21 bits per heavy atom. The number of hydrogen-bond donors (Lipinski definition) is 2. The molecule has 0 spiro atoms. The second-order valence-electron chi connectivity index (χ2n) is 9.73. The van der Waals surface area contributed by atoms with Gasteiger partial charge in [-0.3, -0.25) is 19.3 Å². The number of nitrogens with zero attached hydrogens (tertiary/aromatic N) is 1. The highest BCUT2D eigenvalue weighted by Gasteiger charge is 2.35. The summed E-state index contributed by atoms with van der Waals surface area (Å²) in [5.41, 5.74) is 1.82. The zero-order chi connectivity index (χ0) is 28.6. The van der Waals surface area contributed by atoms with Crippen molar-refractivity contribution in [3.63, 3.8) is 0 Å². The van der Waals surface area contributed by atoms with Crippen LogP contribution in [0.15, 0.2) is 66.0 Å². The van der Waals surface area contributed by atoms with Crippen LogP contribution in [0.25, 0.3) is 0 Å². The lowest BCUT2D eigenvalue weighted by Gasteiger charge is -2.34.